The minimum atomic E-state index is -0.652. The molecule has 0 aromatic carbocycles. The van der Waals surface area contributed by atoms with Gasteiger partial charge in [-0.05, 0) is 25.5 Å². The Morgan fingerprint density at radius 2 is 2.38 bits per heavy atom. The summed E-state index contributed by atoms with van der Waals surface area (Å²) in [6.45, 7) is 2.75. The average Bonchev–Trinajstić information content (AvgIpc) is 2.64. The molecule has 1 aliphatic heterocycles. The molecule has 3 rings (SSSR count). The number of carbonyl (C=O) groups excluding carboxylic acids is 1. The minimum Gasteiger partial charge on any atom is -0.349 e. The summed E-state index contributed by atoms with van der Waals surface area (Å²) in [4.78, 5) is 11.9. The highest BCUT2D eigenvalue weighted by atomic mass is 16.7. The number of carbonyl (C=O) groups is 1. The predicted molar refractivity (Wildman–Crippen MR) is 58.7 cm³/mol. The van der Waals surface area contributed by atoms with Crippen molar-refractivity contribution in [2.45, 2.75) is 19.1 Å². The second-order valence-electron chi connectivity index (χ2n) is 4.99. The van der Waals surface area contributed by atoms with Gasteiger partial charge in [0, 0.05) is 24.9 Å². The van der Waals surface area contributed by atoms with Gasteiger partial charge in [0.2, 0.25) is 0 Å². The Labute approximate surface area is 95.1 Å². The highest BCUT2D eigenvalue weighted by Gasteiger charge is 2.56. The van der Waals surface area contributed by atoms with Gasteiger partial charge in [0.1, 0.15) is 0 Å². The standard InChI is InChI=1S/C13H16O3/c1-8-5-9-7-16-13(15-2)4-3-11(14)10(6-8)12(9)13/h3-5,9-10,12H,6-7H2,1-2H3/t9-,10-,12-,13+/m0/s1. The molecular weight excluding hydrogens is 204 g/mol. The molecular formula is C13H16O3. The van der Waals surface area contributed by atoms with E-state index in [1.807, 2.05) is 0 Å². The van der Waals surface area contributed by atoms with Crippen LogP contribution in [0.25, 0.3) is 0 Å². The van der Waals surface area contributed by atoms with Crippen molar-refractivity contribution in [1.82, 2.24) is 0 Å². The van der Waals surface area contributed by atoms with Crippen molar-refractivity contribution in [3.63, 3.8) is 0 Å². The molecule has 0 spiro atoms. The van der Waals surface area contributed by atoms with Crippen molar-refractivity contribution in [1.29, 1.82) is 0 Å². The van der Waals surface area contributed by atoms with Crippen molar-refractivity contribution in [3.05, 3.63) is 23.8 Å². The maximum Gasteiger partial charge on any atom is 0.192 e. The zero-order valence-corrected chi connectivity index (χ0v) is 9.60. The van der Waals surface area contributed by atoms with Gasteiger partial charge in [-0.15, -0.1) is 0 Å². The van der Waals surface area contributed by atoms with Gasteiger partial charge < -0.3 is 9.47 Å². The van der Waals surface area contributed by atoms with E-state index in [0.717, 1.165) is 6.42 Å². The maximum absolute atomic E-state index is 11.9. The Bertz CT molecular complexity index is 396. The Morgan fingerprint density at radius 1 is 1.56 bits per heavy atom. The van der Waals surface area contributed by atoms with Crippen LogP contribution in [0.15, 0.2) is 23.8 Å². The zero-order chi connectivity index (χ0) is 11.3. The molecule has 1 heterocycles. The molecule has 3 heteroatoms. The maximum atomic E-state index is 11.9. The molecule has 0 radical (unpaired) electrons. The van der Waals surface area contributed by atoms with Crippen molar-refractivity contribution in [2.24, 2.45) is 17.8 Å². The van der Waals surface area contributed by atoms with Crippen LogP contribution < -0.4 is 0 Å². The fraction of sp³-hybridized carbons (Fsp3) is 0.615. The van der Waals surface area contributed by atoms with E-state index >= 15 is 0 Å². The number of methoxy groups -OCH3 is 1. The molecule has 0 aromatic heterocycles. The molecule has 4 atom stereocenters. The largest absolute Gasteiger partial charge is 0.349 e. The van der Waals surface area contributed by atoms with Gasteiger partial charge >= 0.3 is 0 Å². The van der Waals surface area contributed by atoms with Crippen LogP contribution in [-0.2, 0) is 14.3 Å². The smallest absolute Gasteiger partial charge is 0.192 e. The summed E-state index contributed by atoms with van der Waals surface area (Å²) in [6, 6.07) is 0. The summed E-state index contributed by atoms with van der Waals surface area (Å²) in [6.07, 6.45) is 6.52. The predicted octanol–water partition coefficient (Wildman–Crippen LogP) is 1.70. The second kappa shape index (κ2) is 3.28. The van der Waals surface area contributed by atoms with Gasteiger partial charge in [0.05, 0.1) is 6.61 Å². The molecule has 86 valence electrons. The van der Waals surface area contributed by atoms with Gasteiger partial charge in [-0.3, -0.25) is 4.79 Å². The molecule has 16 heavy (non-hydrogen) atoms. The Balaban J connectivity index is 2.08. The first kappa shape index (κ1) is 10.2. The lowest BCUT2D eigenvalue weighted by Gasteiger charge is -2.40. The van der Waals surface area contributed by atoms with Crippen LogP contribution in [0.5, 0.6) is 0 Å². The van der Waals surface area contributed by atoms with Gasteiger partial charge in [0.15, 0.2) is 11.6 Å². The quantitative estimate of drug-likeness (QED) is 0.631. The molecule has 0 aromatic rings. The van der Waals surface area contributed by atoms with Crippen molar-refractivity contribution in [2.75, 3.05) is 13.7 Å². The molecule has 0 N–H and O–H groups in total. The van der Waals surface area contributed by atoms with Crippen molar-refractivity contribution < 1.29 is 14.3 Å². The monoisotopic (exact) mass is 220 g/mol. The highest BCUT2D eigenvalue weighted by Crippen LogP contribution is 2.50. The van der Waals surface area contributed by atoms with E-state index in [-0.39, 0.29) is 17.6 Å². The first-order chi connectivity index (χ1) is 7.66. The third-order valence-electron chi connectivity index (χ3n) is 4.07. The summed E-state index contributed by atoms with van der Waals surface area (Å²) in [7, 11) is 1.66. The number of ether oxygens (including phenoxy) is 2. The topological polar surface area (TPSA) is 35.5 Å². The van der Waals surface area contributed by atoms with Crippen LogP contribution in [0.4, 0.5) is 0 Å². The summed E-state index contributed by atoms with van der Waals surface area (Å²) >= 11 is 0. The Hall–Kier alpha value is -0.930. The molecule has 1 saturated heterocycles. The average molecular weight is 220 g/mol. The normalized spacial score (nSPS) is 45.5. The van der Waals surface area contributed by atoms with Gasteiger partial charge in [-0.2, -0.15) is 0 Å². The van der Waals surface area contributed by atoms with Crippen LogP contribution in [-0.4, -0.2) is 25.3 Å². The highest BCUT2D eigenvalue weighted by molar-refractivity contribution is 5.93. The van der Waals surface area contributed by atoms with E-state index in [9.17, 15) is 4.79 Å². The van der Waals surface area contributed by atoms with E-state index in [4.69, 9.17) is 9.47 Å². The summed E-state index contributed by atoms with van der Waals surface area (Å²) in [5, 5.41) is 0. The molecule has 0 saturated carbocycles. The van der Waals surface area contributed by atoms with Crippen LogP contribution in [0.3, 0.4) is 0 Å². The first-order valence-corrected chi connectivity index (χ1v) is 5.76. The van der Waals surface area contributed by atoms with Crippen LogP contribution in [0.1, 0.15) is 13.3 Å². The van der Waals surface area contributed by atoms with Gasteiger partial charge in [-0.25, -0.2) is 0 Å². The third-order valence-corrected chi connectivity index (χ3v) is 4.07. The number of ketones is 1. The summed E-state index contributed by atoms with van der Waals surface area (Å²) < 4.78 is 11.3. The van der Waals surface area contributed by atoms with Gasteiger partial charge in [-0.1, -0.05) is 11.6 Å². The lowest BCUT2D eigenvalue weighted by molar-refractivity contribution is -0.192. The molecule has 0 bridgehead atoms. The van der Waals surface area contributed by atoms with Crippen LogP contribution in [0.2, 0.25) is 0 Å². The van der Waals surface area contributed by atoms with Gasteiger partial charge in [0.25, 0.3) is 0 Å². The molecule has 0 amide bonds. The molecule has 3 aliphatic rings. The zero-order valence-electron chi connectivity index (χ0n) is 9.60. The lowest BCUT2D eigenvalue weighted by atomic mass is 9.67. The Morgan fingerprint density at radius 3 is 3.12 bits per heavy atom. The molecule has 2 aliphatic carbocycles. The minimum absolute atomic E-state index is 0.0439. The fourth-order valence-electron chi connectivity index (χ4n) is 3.38. The molecule has 1 fully saturated rings. The lowest BCUT2D eigenvalue weighted by Crippen LogP contribution is -2.47. The Kier molecular flexibility index (Phi) is 2.10. The third kappa shape index (κ3) is 1.19. The van der Waals surface area contributed by atoms with E-state index in [0.29, 0.717) is 12.5 Å². The van der Waals surface area contributed by atoms with E-state index in [1.54, 1.807) is 19.3 Å². The van der Waals surface area contributed by atoms with E-state index in [2.05, 4.69) is 13.0 Å². The number of rotatable bonds is 1. The van der Waals surface area contributed by atoms with Crippen LogP contribution in [0, 0.1) is 17.8 Å². The fourth-order valence-corrected chi connectivity index (χ4v) is 3.38. The molecule has 3 nitrogen and oxygen atoms in total. The van der Waals surface area contributed by atoms with E-state index in [1.165, 1.54) is 5.57 Å². The van der Waals surface area contributed by atoms with Crippen molar-refractivity contribution in [3.8, 4) is 0 Å². The summed E-state index contributed by atoms with van der Waals surface area (Å²) in [5.74, 6) is 0.106. The SMILES string of the molecule is CO[C@]12C=CC(=O)[C@@H]3CC(C)=C[C@@H](CO1)[C@@H]32. The number of hydrogen-bond donors (Lipinski definition) is 0. The molecule has 0 unspecified atom stereocenters. The summed E-state index contributed by atoms with van der Waals surface area (Å²) in [5.41, 5.74) is 1.30. The van der Waals surface area contributed by atoms with E-state index < -0.39 is 5.79 Å². The second-order valence-corrected chi connectivity index (χ2v) is 4.99. The first-order valence-electron chi connectivity index (χ1n) is 5.76. The number of hydrogen-bond acceptors (Lipinski definition) is 3. The number of allylic oxidation sites excluding steroid dienone is 2. The van der Waals surface area contributed by atoms with Crippen LogP contribution >= 0.6 is 0 Å². The van der Waals surface area contributed by atoms with Crippen molar-refractivity contribution >= 4 is 5.78 Å².